The van der Waals surface area contributed by atoms with Crippen LogP contribution in [0.1, 0.15) is 12.5 Å². The summed E-state index contributed by atoms with van der Waals surface area (Å²) >= 11 is 1.14. The van der Waals surface area contributed by atoms with E-state index in [1.165, 1.54) is 30.2 Å². The summed E-state index contributed by atoms with van der Waals surface area (Å²) in [6.07, 6.45) is 0.559. The number of hydrogen-bond donors (Lipinski definition) is 3. The molecule has 0 spiro atoms. The van der Waals surface area contributed by atoms with Gasteiger partial charge >= 0.3 is 5.97 Å². The smallest absolute Gasteiger partial charge is 0.326 e. The highest BCUT2D eigenvalue weighted by Crippen LogP contribution is 2.54. The summed E-state index contributed by atoms with van der Waals surface area (Å²) in [6.45, 7) is 1.56. The van der Waals surface area contributed by atoms with E-state index in [9.17, 15) is 24.6 Å². The van der Waals surface area contributed by atoms with Crippen molar-refractivity contribution in [1.29, 1.82) is 0 Å². The summed E-state index contributed by atoms with van der Waals surface area (Å²) in [6, 6.07) is 2.73. The Morgan fingerprint density at radius 2 is 2.24 bits per heavy atom. The van der Waals surface area contributed by atoms with E-state index in [-0.39, 0.29) is 23.4 Å². The Bertz CT molecular complexity index is 652. The first kappa shape index (κ1) is 14.2. The second-order valence-electron chi connectivity index (χ2n) is 5.31. The molecule has 0 bridgehead atoms. The first-order valence-corrected chi connectivity index (χ1v) is 7.34. The SMILES string of the molecule is C[C@@H](O)[C@H]1C(=O)N2CC(C(=O)O)(c3ccc(=O)[nH]c3)S[C@H]12. The summed E-state index contributed by atoms with van der Waals surface area (Å²) in [5.74, 6) is -1.86. The Labute approximate surface area is 124 Å². The van der Waals surface area contributed by atoms with Gasteiger partial charge in [-0.25, -0.2) is 0 Å². The van der Waals surface area contributed by atoms with E-state index >= 15 is 0 Å². The summed E-state index contributed by atoms with van der Waals surface area (Å²) < 4.78 is -1.31. The summed E-state index contributed by atoms with van der Waals surface area (Å²) in [5, 5.41) is 19.0. The summed E-state index contributed by atoms with van der Waals surface area (Å²) in [4.78, 5) is 38.9. The van der Waals surface area contributed by atoms with Crippen LogP contribution < -0.4 is 5.56 Å². The molecular formula is C13H14N2O5S. The number of aliphatic hydroxyl groups excluding tert-OH is 1. The second-order valence-corrected chi connectivity index (χ2v) is 6.73. The highest BCUT2D eigenvalue weighted by Gasteiger charge is 2.63. The highest BCUT2D eigenvalue weighted by atomic mass is 32.2. The average molecular weight is 310 g/mol. The number of aliphatic carboxylic acids is 1. The lowest BCUT2D eigenvalue weighted by Gasteiger charge is -2.42. The van der Waals surface area contributed by atoms with E-state index in [2.05, 4.69) is 4.98 Å². The molecule has 7 nitrogen and oxygen atoms in total. The number of aliphatic hydroxyl groups is 1. The number of carboxylic acid groups (broad SMARTS) is 1. The number of pyridine rings is 1. The van der Waals surface area contributed by atoms with Gasteiger partial charge in [0, 0.05) is 12.3 Å². The predicted molar refractivity (Wildman–Crippen MR) is 74.6 cm³/mol. The maximum atomic E-state index is 12.0. The van der Waals surface area contributed by atoms with Gasteiger partial charge < -0.3 is 20.1 Å². The lowest BCUT2D eigenvalue weighted by atomic mass is 9.90. The van der Waals surface area contributed by atoms with Crippen LogP contribution in [0.3, 0.4) is 0 Å². The highest BCUT2D eigenvalue weighted by molar-refractivity contribution is 8.02. The van der Waals surface area contributed by atoms with Gasteiger partial charge in [0.25, 0.3) is 0 Å². The number of hydrogen-bond acceptors (Lipinski definition) is 5. The molecule has 3 rings (SSSR count). The topological polar surface area (TPSA) is 111 Å². The number of aromatic amines is 1. The van der Waals surface area contributed by atoms with Crippen LogP contribution in [0.15, 0.2) is 23.1 Å². The van der Waals surface area contributed by atoms with Crippen molar-refractivity contribution in [1.82, 2.24) is 9.88 Å². The van der Waals surface area contributed by atoms with Crippen molar-refractivity contribution in [2.24, 2.45) is 5.92 Å². The molecule has 1 unspecified atom stereocenters. The Kier molecular flexibility index (Phi) is 3.10. The largest absolute Gasteiger partial charge is 0.480 e. The van der Waals surface area contributed by atoms with Crippen LogP contribution in [0.5, 0.6) is 0 Å². The summed E-state index contributed by atoms with van der Waals surface area (Å²) in [5.41, 5.74) is 0.120. The molecule has 0 radical (unpaired) electrons. The molecule has 2 aliphatic heterocycles. The lowest BCUT2D eigenvalue weighted by molar-refractivity contribution is -0.156. The number of rotatable bonds is 3. The van der Waals surface area contributed by atoms with E-state index in [4.69, 9.17) is 0 Å². The number of aromatic nitrogens is 1. The molecule has 1 aromatic heterocycles. The zero-order valence-corrected chi connectivity index (χ0v) is 12.0. The van der Waals surface area contributed by atoms with Crippen molar-refractivity contribution in [2.75, 3.05) is 6.54 Å². The standard InChI is InChI=1S/C13H14N2O5S/c1-6(16)9-10(18)15-5-13(12(19)20,21-11(9)15)7-2-3-8(17)14-4-7/h2-4,6,9,11,16H,5H2,1H3,(H,14,17)(H,19,20)/t6-,9+,11-,13?/m1/s1. The quantitative estimate of drug-likeness (QED) is 0.653. The Balaban J connectivity index is 1.99. The number of amides is 1. The minimum absolute atomic E-state index is 0.0335. The number of thioether (sulfide) groups is 1. The van der Waals surface area contributed by atoms with Gasteiger partial charge in [0.05, 0.1) is 23.9 Å². The molecule has 3 heterocycles. The predicted octanol–water partition coefficient (Wildman–Crippen LogP) is -0.433. The number of nitrogens with zero attached hydrogens (tertiary/aromatic N) is 1. The van der Waals surface area contributed by atoms with Gasteiger partial charge in [-0.05, 0) is 12.5 Å². The third kappa shape index (κ3) is 1.90. The number of H-pyrrole nitrogens is 1. The molecule has 0 aliphatic carbocycles. The van der Waals surface area contributed by atoms with Gasteiger partial charge in [0.15, 0.2) is 4.75 Å². The van der Waals surface area contributed by atoms with Gasteiger partial charge in [0.2, 0.25) is 11.5 Å². The number of carbonyl (C=O) groups is 2. The molecule has 0 saturated carbocycles. The third-order valence-electron chi connectivity index (χ3n) is 4.01. The second kappa shape index (κ2) is 4.60. The van der Waals surface area contributed by atoms with Crippen molar-refractivity contribution >= 4 is 23.6 Å². The monoisotopic (exact) mass is 310 g/mol. The fraction of sp³-hybridized carbons (Fsp3) is 0.462. The van der Waals surface area contributed by atoms with Crippen molar-refractivity contribution in [2.45, 2.75) is 23.1 Å². The minimum atomic E-state index is -1.31. The molecule has 21 heavy (non-hydrogen) atoms. The molecule has 3 N–H and O–H groups in total. The number of carboxylic acids is 1. The molecule has 2 fully saturated rings. The molecular weight excluding hydrogens is 296 g/mol. The fourth-order valence-electron chi connectivity index (χ4n) is 2.85. The Hall–Kier alpha value is -1.80. The minimum Gasteiger partial charge on any atom is -0.480 e. The number of β-lactam (4-membered cyclic amide) rings is 1. The van der Waals surface area contributed by atoms with Gasteiger partial charge in [0.1, 0.15) is 0 Å². The van der Waals surface area contributed by atoms with Crippen molar-refractivity contribution in [3.63, 3.8) is 0 Å². The van der Waals surface area contributed by atoms with Gasteiger partial charge in [-0.3, -0.25) is 14.4 Å². The van der Waals surface area contributed by atoms with Crippen LogP contribution in [0, 0.1) is 5.92 Å². The fourth-order valence-corrected chi connectivity index (χ4v) is 4.63. The number of fused-ring (bicyclic) bond motifs is 1. The van der Waals surface area contributed by atoms with E-state index in [0.29, 0.717) is 5.56 Å². The zero-order valence-electron chi connectivity index (χ0n) is 11.1. The van der Waals surface area contributed by atoms with Gasteiger partial charge in [-0.1, -0.05) is 6.07 Å². The van der Waals surface area contributed by atoms with E-state index < -0.39 is 22.7 Å². The molecule has 112 valence electrons. The maximum absolute atomic E-state index is 12.0. The molecule has 4 atom stereocenters. The van der Waals surface area contributed by atoms with Crippen LogP contribution in [0.4, 0.5) is 0 Å². The van der Waals surface area contributed by atoms with Crippen molar-refractivity contribution < 1.29 is 19.8 Å². The van der Waals surface area contributed by atoms with Crippen LogP contribution >= 0.6 is 11.8 Å². The normalized spacial score (nSPS) is 32.5. The molecule has 1 aromatic rings. The van der Waals surface area contributed by atoms with Crippen molar-refractivity contribution in [3.05, 3.63) is 34.2 Å². The van der Waals surface area contributed by atoms with Gasteiger partial charge in [-0.2, -0.15) is 0 Å². The van der Waals surface area contributed by atoms with Crippen LogP contribution in [-0.4, -0.2) is 50.0 Å². The third-order valence-corrected chi connectivity index (χ3v) is 5.74. The van der Waals surface area contributed by atoms with E-state index in [0.717, 1.165) is 11.8 Å². The van der Waals surface area contributed by atoms with E-state index in [1.807, 2.05) is 0 Å². The van der Waals surface area contributed by atoms with Crippen LogP contribution in [0.2, 0.25) is 0 Å². The van der Waals surface area contributed by atoms with Gasteiger partial charge in [-0.15, -0.1) is 11.8 Å². The molecule has 2 saturated heterocycles. The lowest BCUT2D eigenvalue weighted by Crippen LogP contribution is -2.60. The maximum Gasteiger partial charge on any atom is 0.326 e. The van der Waals surface area contributed by atoms with E-state index in [1.54, 1.807) is 0 Å². The van der Waals surface area contributed by atoms with Crippen LogP contribution in [-0.2, 0) is 14.3 Å². The Morgan fingerprint density at radius 1 is 1.52 bits per heavy atom. The molecule has 2 aliphatic rings. The Morgan fingerprint density at radius 3 is 2.76 bits per heavy atom. The van der Waals surface area contributed by atoms with Crippen LogP contribution in [0.25, 0.3) is 0 Å². The first-order chi connectivity index (χ1) is 9.86. The molecule has 8 heteroatoms. The van der Waals surface area contributed by atoms with Crippen molar-refractivity contribution in [3.8, 4) is 0 Å². The number of carbonyl (C=O) groups excluding carboxylic acids is 1. The molecule has 0 aromatic carbocycles. The number of nitrogens with one attached hydrogen (secondary N) is 1. The summed E-state index contributed by atoms with van der Waals surface area (Å²) in [7, 11) is 0. The molecule has 1 amide bonds. The first-order valence-electron chi connectivity index (χ1n) is 6.46. The zero-order chi connectivity index (χ0) is 15.4. The average Bonchev–Trinajstić information content (AvgIpc) is 2.76.